The minimum absolute atomic E-state index is 0.291. The summed E-state index contributed by atoms with van der Waals surface area (Å²) >= 11 is 16.1. The van der Waals surface area contributed by atoms with Gasteiger partial charge in [0, 0.05) is 15.1 Å². The Morgan fingerprint density at radius 2 is 1.89 bits per heavy atom. The van der Waals surface area contributed by atoms with E-state index < -0.39 is 0 Å². The van der Waals surface area contributed by atoms with Crippen LogP contribution in [0.15, 0.2) is 40.9 Å². The van der Waals surface area contributed by atoms with E-state index in [1.807, 2.05) is 31.2 Å². The first kappa shape index (κ1) is 14.7. The van der Waals surface area contributed by atoms with Crippen molar-refractivity contribution in [2.45, 2.75) is 12.3 Å². The lowest BCUT2D eigenvalue weighted by Gasteiger charge is -2.15. The van der Waals surface area contributed by atoms with Crippen LogP contribution in [0.2, 0.25) is 5.02 Å². The van der Waals surface area contributed by atoms with Crippen LogP contribution in [0.1, 0.15) is 22.1 Å². The van der Waals surface area contributed by atoms with Crippen LogP contribution >= 0.6 is 39.1 Å². The lowest BCUT2D eigenvalue weighted by molar-refractivity contribution is 0.410. The van der Waals surface area contributed by atoms with E-state index in [-0.39, 0.29) is 5.38 Å². The van der Waals surface area contributed by atoms with Crippen LogP contribution in [0, 0.1) is 6.92 Å². The Morgan fingerprint density at radius 1 is 1.16 bits per heavy atom. The molecule has 0 saturated heterocycles. The van der Waals surface area contributed by atoms with Gasteiger partial charge in [-0.15, -0.1) is 11.6 Å². The number of alkyl halides is 1. The summed E-state index contributed by atoms with van der Waals surface area (Å²) in [6, 6.07) is 11.5. The second-order valence-corrected chi connectivity index (χ2v) is 5.98. The fraction of sp³-hybridized carbons (Fsp3) is 0.200. The molecule has 0 fully saturated rings. The highest BCUT2D eigenvalue weighted by Crippen LogP contribution is 2.37. The maximum absolute atomic E-state index is 6.56. The molecule has 0 aliphatic heterocycles. The monoisotopic (exact) mass is 358 g/mol. The van der Waals surface area contributed by atoms with Crippen molar-refractivity contribution in [1.82, 2.24) is 0 Å². The van der Waals surface area contributed by atoms with Crippen molar-refractivity contribution in [2.24, 2.45) is 0 Å². The summed E-state index contributed by atoms with van der Waals surface area (Å²) in [5, 5.41) is 0.357. The van der Waals surface area contributed by atoms with Crippen molar-refractivity contribution >= 4 is 39.1 Å². The zero-order valence-electron chi connectivity index (χ0n) is 10.6. The molecule has 0 spiro atoms. The van der Waals surface area contributed by atoms with E-state index in [0.29, 0.717) is 5.02 Å². The van der Waals surface area contributed by atoms with Gasteiger partial charge in [-0.05, 0) is 42.3 Å². The summed E-state index contributed by atoms with van der Waals surface area (Å²) in [5.74, 6) is 0.741. The molecule has 0 heterocycles. The number of halogens is 3. The van der Waals surface area contributed by atoms with Crippen molar-refractivity contribution < 1.29 is 4.74 Å². The number of benzene rings is 2. The fourth-order valence-electron chi connectivity index (χ4n) is 1.91. The summed E-state index contributed by atoms with van der Waals surface area (Å²) in [7, 11) is 1.63. The second kappa shape index (κ2) is 6.17. The Bertz CT molecular complexity index is 599. The first-order valence-corrected chi connectivity index (χ1v) is 7.37. The van der Waals surface area contributed by atoms with Gasteiger partial charge in [0.05, 0.1) is 12.5 Å². The second-order valence-electron chi connectivity index (χ2n) is 4.26. The number of methoxy groups -OCH3 is 1. The topological polar surface area (TPSA) is 9.23 Å². The standard InChI is InChI=1S/C15H13BrCl2O/c1-9-7-10(3-5-13(9)16)15(18)12-8-11(17)4-6-14(12)19-2/h3-8,15H,1-2H3. The van der Waals surface area contributed by atoms with Gasteiger partial charge in [0.15, 0.2) is 0 Å². The summed E-state index contributed by atoms with van der Waals surface area (Å²) in [6.45, 7) is 2.03. The Morgan fingerprint density at radius 3 is 2.53 bits per heavy atom. The normalized spacial score (nSPS) is 12.3. The minimum Gasteiger partial charge on any atom is -0.496 e. The summed E-state index contributed by atoms with van der Waals surface area (Å²) in [4.78, 5) is 0. The number of ether oxygens (including phenoxy) is 1. The number of hydrogen-bond acceptors (Lipinski definition) is 1. The molecule has 2 aromatic rings. The van der Waals surface area contributed by atoms with Crippen LogP contribution in [0.25, 0.3) is 0 Å². The third kappa shape index (κ3) is 3.25. The Kier molecular flexibility index (Phi) is 4.77. The Labute approximate surface area is 131 Å². The molecule has 1 nitrogen and oxygen atoms in total. The highest BCUT2D eigenvalue weighted by atomic mass is 79.9. The SMILES string of the molecule is COc1ccc(Cl)cc1C(Cl)c1ccc(Br)c(C)c1. The summed E-state index contributed by atoms with van der Waals surface area (Å²) in [5.41, 5.74) is 3.03. The van der Waals surface area contributed by atoms with Gasteiger partial charge in [0.25, 0.3) is 0 Å². The number of aryl methyl sites for hydroxylation is 1. The quantitative estimate of drug-likeness (QED) is 0.634. The molecule has 2 aromatic carbocycles. The first-order chi connectivity index (χ1) is 9.02. The van der Waals surface area contributed by atoms with E-state index in [0.717, 1.165) is 26.9 Å². The van der Waals surface area contributed by atoms with Crippen LogP contribution in [0.5, 0.6) is 5.75 Å². The van der Waals surface area contributed by atoms with Crippen LogP contribution in [0.3, 0.4) is 0 Å². The van der Waals surface area contributed by atoms with Gasteiger partial charge >= 0.3 is 0 Å². The molecule has 2 rings (SSSR count). The van der Waals surface area contributed by atoms with Crippen LogP contribution in [-0.2, 0) is 0 Å². The highest BCUT2D eigenvalue weighted by Gasteiger charge is 2.16. The predicted molar refractivity (Wildman–Crippen MR) is 84.6 cm³/mol. The molecule has 0 N–H and O–H groups in total. The van der Waals surface area contributed by atoms with E-state index in [1.165, 1.54) is 0 Å². The van der Waals surface area contributed by atoms with Crippen molar-refractivity contribution in [2.75, 3.05) is 7.11 Å². The van der Waals surface area contributed by atoms with Crippen molar-refractivity contribution in [3.05, 3.63) is 62.6 Å². The van der Waals surface area contributed by atoms with Gasteiger partial charge in [-0.1, -0.05) is 39.7 Å². The van der Waals surface area contributed by atoms with Crippen LogP contribution in [-0.4, -0.2) is 7.11 Å². The molecular weight excluding hydrogens is 347 g/mol. The van der Waals surface area contributed by atoms with E-state index >= 15 is 0 Å². The van der Waals surface area contributed by atoms with Crippen molar-refractivity contribution in [1.29, 1.82) is 0 Å². The maximum atomic E-state index is 6.56. The average molecular weight is 360 g/mol. The molecule has 100 valence electrons. The minimum atomic E-state index is -0.291. The van der Waals surface area contributed by atoms with Gasteiger partial charge in [-0.25, -0.2) is 0 Å². The van der Waals surface area contributed by atoms with Gasteiger partial charge in [-0.2, -0.15) is 0 Å². The zero-order chi connectivity index (χ0) is 14.0. The number of rotatable bonds is 3. The van der Waals surface area contributed by atoms with E-state index in [1.54, 1.807) is 13.2 Å². The van der Waals surface area contributed by atoms with E-state index in [9.17, 15) is 0 Å². The van der Waals surface area contributed by atoms with Gasteiger partial charge < -0.3 is 4.74 Å². The predicted octanol–water partition coefficient (Wildman–Crippen LogP) is 5.75. The van der Waals surface area contributed by atoms with Crippen molar-refractivity contribution in [3.8, 4) is 5.75 Å². The molecule has 0 aliphatic rings. The highest BCUT2D eigenvalue weighted by molar-refractivity contribution is 9.10. The summed E-state index contributed by atoms with van der Waals surface area (Å²) in [6.07, 6.45) is 0. The third-order valence-corrected chi connectivity index (χ3v) is 4.55. The smallest absolute Gasteiger partial charge is 0.123 e. The Hall–Kier alpha value is -0.700. The maximum Gasteiger partial charge on any atom is 0.123 e. The molecule has 19 heavy (non-hydrogen) atoms. The molecule has 1 atom stereocenters. The molecule has 0 radical (unpaired) electrons. The van der Waals surface area contributed by atoms with Gasteiger partial charge in [-0.3, -0.25) is 0 Å². The average Bonchev–Trinajstić information content (AvgIpc) is 2.41. The van der Waals surface area contributed by atoms with Crippen LogP contribution < -0.4 is 4.74 Å². The molecule has 0 aliphatic carbocycles. The fourth-order valence-corrected chi connectivity index (χ4v) is 2.64. The molecule has 0 aromatic heterocycles. The molecule has 0 saturated carbocycles. The molecule has 0 amide bonds. The number of hydrogen-bond donors (Lipinski definition) is 0. The van der Waals surface area contributed by atoms with Gasteiger partial charge in [0.2, 0.25) is 0 Å². The molecule has 1 unspecified atom stereocenters. The summed E-state index contributed by atoms with van der Waals surface area (Å²) < 4.78 is 6.41. The van der Waals surface area contributed by atoms with Crippen LogP contribution in [0.4, 0.5) is 0 Å². The lowest BCUT2D eigenvalue weighted by atomic mass is 10.0. The van der Waals surface area contributed by atoms with Crippen molar-refractivity contribution in [3.63, 3.8) is 0 Å². The zero-order valence-corrected chi connectivity index (χ0v) is 13.7. The lowest BCUT2D eigenvalue weighted by Crippen LogP contribution is -1.98. The molecular formula is C15H13BrCl2O. The van der Waals surface area contributed by atoms with E-state index in [4.69, 9.17) is 27.9 Å². The van der Waals surface area contributed by atoms with E-state index in [2.05, 4.69) is 22.0 Å². The largest absolute Gasteiger partial charge is 0.496 e. The first-order valence-electron chi connectivity index (χ1n) is 5.76. The van der Waals surface area contributed by atoms with Gasteiger partial charge in [0.1, 0.15) is 5.75 Å². The molecule has 0 bridgehead atoms. The molecule has 4 heteroatoms. The third-order valence-electron chi connectivity index (χ3n) is 2.94. The Balaban J connectivity index is 2.45.